The third-order valence-electron chi connectivity index (χ3n) is 8.80. The van der Waals surface area contributed by atoms with Gasteiger partial charge < -0.3 is 38.8 Å². The summed E-state index contributed by atoms with van der Waals surface area (Å²) < 4.78 is 32.8. The van der Waals surface area contributed by atoms with Crippen LogP contribution in [0.5, 0.6) is 34.8 Å². The summed E-state index contributed by atoms with van der Waals surface area (Å²) in [5.41, 5.74) is 5.79. The molecule has 2 heterocycles. The first-order chi connectivity index (χ1) is 28.7. The zero-order valence-corrected chi connectivity index (χ0v) is 33.3. The lowest BCUT2D eigenvalue weighted by atomic mass is 10.1. The van der Waals surface area contributed by atoms with E-state index in [0.717, 1.165) is 27.9 Å². The van der Waals surface area contributed by atoms with Gasteiger partial charge in [0.05, 0.1) is 65.1 Å². The van der Waals surface area contributed by atoms with E-state index in [4.69, 9.17) is 40.0 Å². The van der Waals surface area contributed by atoms with Crippen LogP contribution in [0.1, 0.15) is 31.8 Å². The number of aromatic carboxylic acids is 1. The average molecular weight is 796 g/mol. The third kappa shape index (κ3) is 12.2. The topological polar surface area (TPSA) is 148 Å². The number of carbonyl (C=O) groups is 2. The Labute approximate surface area is 343 Å². The van der Waals surface area contributed by atoms with E-state index in [-0.39, 0.29) is 18.0 Å². The normalized spacial score (nSPS) is 10.2. The van der Waals surface area contributed by atoms with Gasteiger partial charge >= 0.3 is 5.97 Å². The fourth-order valence-electron chi connectivity index (χ4n) is 5.80. The van der Waals surface area contributed by atoms with Crippen LogP contribution < -0.4 is 33.7 Å². The molecule has 0 unspecified atom stereocenters. The van der Waals surface area contributed by atoms with Crippen molar-refractivity contribution in [2.75, 3.05) is 48.2 Å². The van der Waals surface area contributed by atoms with Gasteiger partial charge in [-0.15, -0.1) is 6.42 Å². The maximum Gasteiger partial charge on any atom is 0.335 e. The molecule has 0 spiro atoms. The second kappa shape index (κ2) is 21.7. The predicted octanol–water partition coefficient (Wildman–Crippen LogP) is 7.84. The lowest BCUT2D eigenvalue weighted by molar-refractivity contribution is 0.0696. The van der Waals surface area contributed by atoms with Gasteiger partial charge in [-0.25, -0.2) is 14.8 Å². The molecule has 6 rings (SSSR count). The maximum atomic E-state index is 12.1. The van der Waals surface area contributed by atoms with E-state index in [0.29, 0.717) is 72.1 Å². The first-order valence-electron chi connectivity index (χ1n) is 18.5. The Hall–Kier alpha value is -7.52. The Bertz CT molecular complexity index is 2390. The average Bonchev–Trinajstić information content (AvgIpc) is 3.28. The van der Waals surface area contributed by atoms with E-state index in [2.05, 4.69) is 21.2 Å². The quantitative estimate of drug-likeness (QED) is 0.0871. The van der Waals surface area contributed by atoms with Crippen LogP contribution >= 0.6 is 0 Å². The van der Waals surface area contributed by atoms with Gasteiger partial charge in [-0.3, -0.25) is 4.79 Å². The minimum atomic E-state index is -0.968. The molecule has 0 saturated carbocycles. The standard InChI is InChI=1S/C25H24N2O4.C22H21NO5/c1-4-14-26-25(28)20-8-5-7-19(17-20)21-9-6-10-24(27-21)31-15-13-18-11-12-22(29-2)23(16-18)30-3;1-26-19-10-9-15(13-20(19)27-2)11-12-28-21-8-4-7-18(23-21)16-5-3-6-17(14-16)22(24)25/h1,5-12,16-17H,13-15H2,2-3H3,(H,26,28);3-10,13-14H,11-12H2,1-2H3,(H,24,25). The molecule has 0 fully saturated rings. The molecule has 1 amide bonds. The highest BCUT2D eigenvalue weighted by Gasteiger charge is 2.11. The van der Waals surface area contributed by atoms with Crippen LogP contribution in [0, 0.1) is 12.3 Å². The molecule has 0 atom stereocenters. The number of benzene rings is 4. The lowest BCUT2D eigenvalue weighted by Crippen LogP contribution is -2.23. The van der Waals surface area contributed by atoms with Crippen molar-refractivity contribution in [2.45, 2.75) is 12.8 Å². The first-order valence-corrected chi connectivity index (χ1v) is 18.5. The first kappa shape index (κ1) is 42.6. The largest absolute Gasteiger partial charge is 0.493 e. The number of terminal acetylenes is 1. The molecule has 0 radical (unpaired) electrons. The SMILES string of the molecule is C#CCNC(=O)c1cccc(-c2cccc(OCCc3ccc(OC)c(OC)c3)n2)c1.COc1ccc(CCOc2cccc(-c3cccc(C(=O)O)c3)n2)cc1OC. The fraction of sp³-hybridized carbons (Fsp3) is 0.191. The van der Waals surface area contributed by atoms with Crippen LogP contribution in [0.25, 0.3) is 22.5 Å². The molecule has 59 heavy (non-hydrogen) atoms. The molecule has 0 saturated heterocycles. The lowest BCUT2D eigenvalue weighted by Gasteiger charge is -2.11. The van der Waals surface area contributed by atoms with Crippen LogP contribution in [0.2, 0.25) is 0 Å². The molecule has 302 valence electrons. The maximum absolute atomic E-state index is 12.1. The number of rotatable bonds is 17. The summed E-state index contributed by atoms with van der Waals surface area (Å²) in [6, 6.07) is 36.4. The molecule has 2 aromatic heterocycles. The number of carbonyl (C=O) groups excluding carboxylic acids is 1. The van der Waals surface area contributed by atoms with Crippen LogP contribution in [-0.4, -0.2) is 75.1 Å². The van der Waals surface area contributed by atoms with Crippen molar-refractivity contribution in [1.82, 2.24) is 15.3 Å². The number of nitrogens with zero attached hydrogens (tertiary/aromatic N) is 2. The van der Waals surface area contributed by atoms with Gasteiger partial charge in [0.15, 0.2) is 23.0 Å². The van der Waals surface area contributed by atoms with Crippen molar-refractivity contribution < 1.29 is 43.1 Å². The summed E-state index contributed by atoms with van der Waals surface area (Å²) in [4.78, 5) is 32.3. The summed E-state index contributed by atoms with van der Waals surface area (Å²) in [5, 5.41) is 11.8. The molecule has 6 aromatic rings. The Morgan fingerprint density at radius 2 is 1.05 bits per heavy atom. The van der Waals surface area contributed by atoms with Crippen molar-refractivity contribution in [1.29, 1.82) is 0 Å². The summed E-state index contributed by atoms with van der Waals surface area (Å²) in [6.45, 7) is 1.09. The minimum absolute atomic E-state index is 0.185. The highest BCUT2D eigenvalue weighted by atomic mass is 16.5. The molecule has 0 aliphatic carbocycles. The number of amides is 1. The van der Waals surface area contributed by atoms with Crippen molar-refractivity contribution in [3.05, 3.63) is 144 Å². The number of hydrogen-bond acceptors (Lipinski definition) is 10. The Balaban J connectivity index is 0.000000225. The van der Waals surface area contributed by atoms with E-state index >= 15 is 0 Å². The van der Waals surface area contributed by atoms with Gasteiger partial charge in [-0.2, -0.15) is 0 Å². The minimum Gasteiger partial charge on any atom is -0.493 e. The highest BCUT2D eigenvalue weighted by Crippen LogP contribution is 2.29. The third-order valence-corrected chi connectivity index (χ3v) is 8.80. The molecule has 2 N–H and O–H groups in total. The summed E-state index contributed by atoms with van der Waals surface area (Å²) in [5.74, 6) is 4.94. The molecule has 0 aliphatic heterocycles. The van der Waals surface area contributed by atoms with E-state index < -0.39 is 5.97 Å². The van der Waals surface area contributed by atoms with Crippen molar-refractivity contribution in [2.24, 2.45) is 0 Å². The summed E-state index contributed by atoms with van der Waals surface area (Å²) >= 11 is 0. The molecule has 0 aliphatic rings. The summed E-state index contributed by atoms with van der Waals surface area (Å²) in [7, 11) is 6.43. The van der Waals surface area contributed by atoms with E-state index in [1.807, 2.05) is 84.9 Å². The van der Waals surface area contributed by atoms with Crippen LogP contribution in [0.15, 0.2) is 121 Å². The van der Waals surface area contributed by atoms with E-state index in [1.165, 1.54) is 0 Å². The predicted molar refractivity (Wildman–Crippen MR) is 225 cm³/mol. The van der Waals surface area contributed by atoms with Crippen LogP contribution in [0.4, 0.5) is 0 Å². The number of hydrogen-bond donors (Lipinski definition) is 2. The molecule has 4 aromatic carbocycles. The highest BCUT2D eigenvalue weighted by molar-refractivity contribution is 5.95. The number of carboxylic acid groups (broad SMARTS) is 1. The van der Waals surface area contributed by atoms with Gasteiger partial charge in [0.2, 0.25) is 11.8 Å². The van der Waals surface area contributed by atoms with Gasteiger partial charge in [0.25, 0.3) is 5.91 Å². The Morgan fingerprint density at radius 3 is 1.51 bits per heavy atom. The number of nitrogens with one attached hydrogen (secondary N) is 1. The second-order valence-electron chi connectivity index (χ2n) is 12.7. The van der Waals surface area contributed by atoms with Crippen LogP contribution in [-0.2, 0) is 12.8 Å². The number of ether oxygens (including phenoxy) is 6. The molecular weight excluding hydrogens is 751 g/mol. The number of pyridine rings is 2. The zero-order chi connectivity index (χ0) is 42.0. The molecule has 12 heteroatoms. The zero-order valence-electron chi connectivity index (χ0n) is 33.3. The number of carboxylic acids is 1. The van der Waals surface area contributed by atoms with Gasteiger partial charge in [-0.05, 0) is 71.8 Å². The van der Waals surface area contributed by atoms with E-state index in [9.17, 15) is 9.59 Å². The summed E-state index contributed by atoms with van der Waals surface area (Å²) in [6.07, 6.45) is 6.57. The van der Waals surface area contributed by atoms with Gasteiger partial charge in [0, 0.05) is 41.7 Å². The van der Waals surface area contributed by atoms with Gasteiger partial charge in [-0.1, -0.05) is 54.5 Å². The van der Waals surface area contributed by atoms with Crippen molar-refractivity contribution in [3.8, 4) is 69.6 Å². The van der Waals surface area contributed by atoms with Gasteiger partial charge in [0.1, 0.15) is 0 Å². The Kier molecular flexibility index (Phi) is 15.7. The van der Waals surface area contributed by atoms with E-state index in [1.54, 1.807) is 64.8 Å². The fourth-order valence-corrected chi connectivity index (χ4v) is 5.80. The van der Waals surface area contributed by atoms with Crippen molar-refractivity contribution in [3.63, 3.8) is 0 Å². The molecular formula is C47H45N3O9. The second-order valence-corrected chi connectivity index (χ2v) is 12.7. The monoisotopic (exact) mass is 795 g/mol. The Morgan fingerprint density at radius 1 is 0.593 bits per heavy atom. The number of methoxy groups -OCH3 is 4. The molecule has 12 nitrogen and oxygen atoms in total. The van der Waals surface area contributed by atoms with Crippen molar-refractivity contribution >= 4 is 11.9 Å². The number of aromatic nitrogens is 2. The van der Waals surface area contributed by atoms with Crippen LogP contribution in [0.3, 0.4) is 0 Å². The smallest absolute Gasteiger partial charge is 0.335 e. The molecule has 0 bridgehead atoms.